The highest BCUT2D eigenvalue weighted by molar-refractivity contribution is 5.95. The van der Waals surface area contributed by atoms with Crippen LogP contribution in [0.5, 0.6) is 0 Å². The van der Waals surface area contributed by atoms with Crippen molar-refractivity contribution in [3.8, 4) is 0 Å². The van der Waals surface area contributed by atoms with E-state index in [0.717, 1.165) is 63.5 Å². The lowest BCUT2D eigenvalue weighted by Gasteiger charge is -2.41. The second-order valence-corrected chi connectivity index (χ2v) is 7.91. The predicted molar refractivity (Wildman–Crippen MR) is 108 cm³/mol. The van der Waals surface area contributed by atoms with Gasteiger partial charge in [-0.25, -0.2) is 0 Å². The van der Waals surface area contributed by atoms with E-state index in [1.54, 1.807) is 0 Å². The summed E-state index contributed by atoms with van der Waals surface area (Å²) >= 11 is 0. The number of ether oxygens (including phenoxy) is 1. The highest BCUT2D eigenvalue weighted by Gasteiger charge is 2.34. The molecule has 142 valence electrons. The molecule has 2 aromatic rings. The van der Waals surface area contributed by atoms with E-state index in [0.29, 0.717) is 0 Å². The molecule has 2 aliphatic heterocycles. The van der Waals surface area contributed by atoms with Crippen molar-refractivity contribution in [2.24, 2.45) is 0 Å². The fourth-order valence-corrected chi connectivity index (χ4v) is 4.33. The van der Waals surface area contributed by atoms with E-state index in [4.69, 9.17) is 4.74 Å². The van der Waals surface area contributed by atoms with Gasteiger partial charge in [0.15, 0.2) is 0 Å². The van der Waals surface area contributed by atoms with Gasteiger partial charge in [0, 0.05) is 42.8 Å². The normalized spacial score (nSPS) is 23.3. The van der Waals surface area contributed by atoms with Crippen molar-refractivity contribution < 1.29 is 9.53 Å². The number of carbonyl (C=O) groups is 1. The number of benzene rings is 2. The molecule has 4 heteroatoms. The number of nitrogens with zero attached hydrogens (tertiary/aromatic N) is 2. The molecule has 0 saturated carbocycles. The van der Waals surface area contributed by atoms with Gasteiger partial charge in [-0.2, -0.15) is 0 Å². The number of piperidine rings is 1. The predicted octanol–water partition coefficient (Wildman–Crippen LogP) is 3.72. The summed E-state index contributed by atoms with van der Waals surface area (Å²) in [7, 11) is 0. The van der Waals surface area contributed by atoms with Gasteiger partial charge in [-0.1, -0.05) is 43.3 Å². The van der Waals surface area contributed by atoms with Gasteiger partial charge >= 0.3 is 0 Å². The first-order valence-electron chi connectivity index (χ1n) is 9.93. The molecule has 2 aliphatic rings. The first-order valence-corrected chi connectivity index (χ1v) is 9.93. The van der Waals surface area contributed by atoms with Crippen LogP contribution in [0.4, 0.5) is 5.69 Å². The van der Waals surface area contributed by atoms with E-state index in [1.165, 1.54) is 5.56 Å². The average Bonchev–Trinajstić information content (AvgIpc) is 2.75. The van der Waals surface area contributed by atoms with Crippen LogP contribution in [0, 0.1) is 0 Å². The van der Waals surface area contributed by atoms with Crippen LogP contribution in [-0.2, 0) is 10.2 Å². The molecule has 2 heterocycles. The van der Waals surface area contributed by atoms with Crippen molar-refractivity contribution >= 4 is 11.6 Å². The Morgan fingerprint density at radius 2 is 1.78 bits per heavy atom. The van der Waals surface area contributed by atoms with Crippen molar-refractivity contribution in [1.82, 2.24) is 4.90 Å². The molecule has 27 heavy (non-hydrogen) atoms. The molecule has 0 spiro atoms. The van der Waals surface area contributed by atoms with Crippen LogP contribution in [0.3, 0.4) is 0 Å². The largest absolute Gasteiger partial charge is 0.378 e. The molecule has 0 bridgehead atoms. The number of rotatable bonds is 3. The summed E-state index contributed by atoms with van der Waals surface area (Å²) in [6.07, 6.45) is 2.16. The van der Waals surface area contributed by atoms with Crippen LogP contribution < -0.4 is 4.90 Å². The molecule has 0 aromatic heterocycles. The Bertz CT molecular complexity index is 786. The van der Waals surface area contributed by atoms with Gasteiger partial charge in [-0.15, -0.1) is 0 Å². The maximum atomic E-state index is 13.2. The number of anilines is 1. The fraction of sp³-hybridized carbons (Fsp3) is 0.435. The van der Waals surface area contributed by atoms with Gasteiger partial charge in [0.05, 0.1) is 13.2 Å². The molecule has 4 rings (SSSR count). The molecule has 2 fully saturated rings. The third kappa shape index (κ3) is 3.86. The number of amides is 1. The van der Waals surface area contributed by atoms with E-state index in [9.17, 15) is 4.79 Å². The Morgan fingerprint density at radius 3 is 2.56 bits per heavy atom. The summed E-state index contributed by atoms with van der Waals surface area (Å²) < 4.78 is 5.44. The molecule has 0 unspecified atom stereocenters. The lowest BCUT2D eigenvalue weighted by atomic mass is 9.76. The maximum absolute atomic E-state index is 13.2. The van der Waals surface area contributed by atoms with Crippen molar-refractivity contribution in [3.63, 3.8) is 0 Å². The van der Waals surface area contributed by atoms with Gasteiger partial charge in [0.1, 0.15) is 0 Å². The van der Waals surface area contributed by atoms with E-state index >= 15 is 0 Å². The van der Waals surface area contributed by atoms with Crippen molar-refractivity contribution in [3.05, 3.63) is 65.7 Å². The summed E-state index contributed by atoms with van der Waals surface area (Å²) in [5, 5.41) is 0. The second-order valence-electron chi connectivity index (χ2n) is 7.91. The Morgan fingerprint density at radius 1 is 1.00 bits per heavy atom. The average molecular weight is 364 g/mol. The zero-order chi connectivity index (χ0) is 18.7. The molecule has 1 atom stereocenters. The Labute approximate surface area is 161 Å². The second kappa shape index (κ2) is 7.73. The standard InChI is InChI=1S/C23H28N2O2/c1-23(20-8-3-2-4-9-20)11-6-12-25(18-23)22(26)19-7-5-10-21(17-19)24-13-15-27-16-14-24/h2-5,7-10,17H,6,11-16,18H2,1H3/t23-/m1/s1. The molecule has 0 aliphatic carbocycles. The monoisotopic (exact) mass is 364 g/mol. The number of hydrogen-bond donors (Lipinski definition) is 0. The van der Waals surface area contributed by atoms with Crippen LogP contribution in [0.25, 0.3) is 0 Å². The first kappa shape index (κ1) is 18.1. The minimum Gasteiger partial charge on any atom is -0.378 e. The van der Waals surface area contributed by atoms with Crippen molar-refractivity contribution in [2.45, 2.75) is 25.2 Å². The van der Waals surface area contributed by atoms with Crippen LogP contribution in [0.15, 0.2) is 54.6 Å². The Balaban J connectivity index is 1.52. The summed E-state index contributed by atoms with van der Waals surface area (Å²) in [6.45, 7) is 7.16. The molecule has 0 radical (unpaired) electrons. The van der Waals surface area contributed by atoms with E-state index in [-0.39, 0.29) is 11.3 Å². The zero-order valence-corrected chi connectivity index (χ0v) is 16.1. The fourth-order valence-electron chi connectivity index (χ4n) is 4.33. The lowest BCUT2D eigenvalue weighted by molar-refractivity contribution is 0.0651. The molecule has 2 aromatic carbocycles. The minimum absolute atomic E-state index is 0.0248. The quantitative estimate of drug-likeness (QED) is 0.832. The highest BCUT2D eigenvalue weighted by Crippen LogP contribution is 2.34. The van der Waals surface area contributed by atoms with Gasteiger partial charge in [0.2, 0.25) is 0 Å². The van der Waals surface area contributed by atoms with Crippen LogP contribution in [-0.4, -0.2) is 50.2 Å². The molecular formula is C23H28N2O2. The first-order chi connectivity index (χ1) is 13.2. The van der Waals surface area contributed by atoms with Gasteiger partial charge in [-0.05, 0) is 36.6 Å². The zero-order valence-electron chi connectivity index (χ0n) is 16.1. The highest BCUT2D eigenvalue weighted by atomic mass is 16.5. The SMILES string of the molecule is C[C@@]1(c2ccccc2)CCCN(C(=O)c2cccc(N3CCOCC3)c2)C1. The molecule has 4 nitrogen and oxygen atoms in total. The van der Waals surface area contributed by atoms with Crippen LogP contribution in [0.1, 0.15) is 35.7 Å². The van der Waals surface area contributed by atoms with Crippen LogP contribution >= 0.6 is 0 Å². The summed E-state index contributed by atoms with van der Waals surface area (Å²) in [6, 6.07) is 18.7. The van der Waals surface area contributed by atoms with Crippen molar-refractivity contribution in [1.29, 1.82) is 0 Å². The Kier molecular flexibility index (Phi) is 5.17. The summed E-state index contributed by atoms with van der Waals surface area (Å²) in [5.74, 6) is 0.145. The lowest BCUT2D eigenvalue weighted by Crippen LogP contribution is -2.47. The third-order valence-corrected chi connectivity index (χ3v) is 5.92. The smallest absolute Gasteiger partial charge is 0.253 e. The van der Waals surface area contributed by atoms with E-state index in [1.807, 2.05) is 23.1 Å². The Hall–Kier alpha value is -2.33. The van der Waals surface area contributed by atoms with Gasteiger partial charge < -0.3 is 14.5 Å². The number of hydrogen-bond acceptors (Lipinski definition) is 3. The topological polar surface area (TPSA) is 32.8 Å². The maximum Gasteiger partial charge on any atom is 0.253 e. The van der Waals surface area contributed by atoms with E-state index in [2.05, 4.69) is 48.2 Å². The number of carbonyl (C=O) groups excluding carboxylic acids is 1. The van der Waals surface area contributed by atoms with E-state index < -0.39 is 0 Å². The molecular weight excluding hydrogens is 336 g/mol. The summed E-state index contributed by atoms with van der Waals surface area (Å²) in [4.78, 5) is 17.6. The summed E-state index contributed by atoms with van der Waals surface area (Å²) in [5.41, 5.74) is 3.25. The van der Waals surface area contributed by atoms with Gasteiger partial charge in [0.25, 0.3) is 5.91 Å². The number of morpholine rings is 1. The number of likely N-dealkylation sites (tertiary alicyclic amines) is 1. The molecule has 2 saturated heterocycles. The minimum atomic E-state index is 0.0248. The van der Waals surface area contributed by atoms with Crippen molar-refractivity contribution in [2.75, 3.05) is 44.3 Å². The molecule has 0 N–H and O–H groups in total. The van der Waals surface area contributed by atoms with Crippen LogP contribution in [0.2, 0.25) is 0 Å². The third-order valence-electron chi connectivity index (χ3n) is 5.92. The molecule has 1 amide bonds. The van der Waals surface area contributed by atoms with Gasteiger partial charge in [-0.3, -0.25) is 4.79 Å².